The van der Waals surface area contributed by atoms with Crippen molar-refractivity contribution in [3.05, 3.63) is 42.0 Å². The highest BCUT2D eigenvalue weighted by Gasteiger charge is 2.31. The molecule has 3 heterocycles. The van der Waals surface area contributed by atoms with E-state index in [1.807, 2.05) is 24.0 Å². The van der Waals surface area contributed by atoms with E-state index in [-0.39, 0.29) is 11.9 Å². The van der Waals surface area contributed by atoms with Gasteiger partial charge in [-0.2, -0.15) is 5.10 Å². The quantitative estimate of drug-likeness (QED) is 0.936. The van der Waals surface area contributed by atoms with Gasteiger partial charge in [0.25, 0.3) is 5.91 Å². The Bertz CT molecular complexity index is 681. The molecule has 23 heavy (non-hydrogen) atoms. The summed E-state index contributed by atoms with van der Waals surface area (Å²) in [4.78, 5) is 18.8. The van der Waals surface area contributed by atoms with Gasteiger partial charge in [-0.1, -0.05) is 0 Å². The number of likely N-dealkylation sites (tertiary alicyclic amines) is 1. The normalized spacial score (nSPS) is 19.1. The summed E-state index contributed by atoms with van der Waals surface area (Å²) in [6, 6.07) is 3.84. The second-order valence-electron chi connectivity index (χ2n) is 6.14. The summed E-state index contributed by atoms with van der Waals surface area (Å²) in [5, 5.41) is 14.0. The molecule has 1 aliphatic heterocycles. The molecule has 0 radical (unpaired) electrons. The van der Waals surface area contributed by atoms with E-state index in [9.17, 15) is 9.90 Å². The van der Waals surface area contributed by atoms with Crippen LogP contribution >= 0.6 is 0 Å². The zero-order chi connectivity index (χ0) is 16.4. The molecule has 6 nitrogen and oxygen atoms in total. The predicted molar refractivity (Wildman–Crippen MR) is 86.5 cm³/mol. The van der Waals surface area contributed by atoms with Crippen molar-refractivity contribution >= 4 is 5.91 Å². The van der Waals surface area contributed by atoms with Crippen LogP contribution in [-0.2, 0) is 0 Å². The van der Waals surface area contributed by atoms with Gasteiger partial charge in [-0.15, -0.1) is 0 Å². The largest absolute Gasteiger partial charge is 0.393 e. The molecule has 0 bridgehead atoms. The third-order valence-electron chi connectivity index (χ3n) is 4.40. The molecule has 0 saturated carbocycles. The van der Waals surface area contributed by atoms with Crippen LogP contribution in [0, 0.1) is 6.92 Å². The van der Waals surface area contributed by atoms with Crippen LogP contribution in [0.15, 0.2) is 30.7 Å². The number of carbonyl (C=O) groups excluding carboxylic acids is 1. The molecule has 1 fully saturated rings. The molecule has 2 atom stereocenters. The van der Waals surface area contributed by atoms with Gasteiger partial charge in [0.15, 0.2) is 0 Å². The zero-order valence-corrected chi connectivity index (χ0v) is 13.5. The van der Waals surface area contributed by atoms with Gasteiger partial charge in [0.1, 0.15) is 0 Å². The first-order valence-electron chi connectivity index (χ1n) is 8.02. The van der Waals surface area contributed by atoms with Crippen molar-refractivity contribution in [3.8, 4) is 5.69 Å². The molecule has 1 N–H and O–H groups in total. The lowest BCUT2D eigenvalue weighted by Gasteiger charge is -2.25. The number of aliphatic hydroxyl groups excluding tert-OH is 1. The van der Waals surface area contributed by atoms with E-state index in [4.69, 9.17) is 0 Å². The molecule has 122 valence electrons. The van der Waals surface area contributed by atoms with Gasteiger partial charge in [-0.25, -0.2) is 4.68 Å². The van der Waals surface area contributed by atoms with E-state index in [1.165, 1.54) is 0 Å². The van der Waals surface area contributed by atoms with Crippen molar-refractivity contribution in [3.63, 3.8) is 0 Å². The Balaban J connectivity index is 1.85. The summed E-state index contributed by atoms with van der Waals surface area (Å²) < 4.78 is 1.76. The molecule has 6 heteroatoms. The third kappa shape index (κ3) is 3.12. The number of rotatable bonds is 4. The standard InChI is InChI=1S/C17H22N4O2/c1-12(22)10-15-4-3-9-20(15)17(23)16-11-19-21(13(16)2)14-5-7-18-8-6-14/h5-8,11-12,15,22H,3-4,9-10H2,1-2H3. The number of nitrogens with zero attached hydrogens (tertiary/aromatic N) is 4. The number of aromatic nitrogens is 3. The first kappa shape index (κ1) is 15.7. The Morgan fingerprint density at radius 3 is 2.87 bits per heavy atom. The molecule has 2 aromatic rings. The average molecular weight is 314 g/mol. The van der Waals surface area contributed by atoms with Crippen molar-refractivity contribution in [1.29, 1.82) is 0 Å². The highest BCUT2D eigenvalue weighted by molar-refractivity contribution is 5.95. The van der Waals surface area contributed by atoms with Crippen molar-refractivity contribution in [2.24, 2.45) is 0 Å². The second kappa shape index (κ2) is 6.50. The lowest BCUT2D eigenvalue weighted by molar-refractivity contribution is 0.0681. The third-order valence-corrected chi connectivity index (χ3v) is 4.40. The van der Waals surface area contributed by atoms with Gasteiger partial charge in [-0.3, -0.25) is 9.78 Å². The van der Waals surface area contributed by atoms with Crippen molar-refractivity contribution in [2.45, 2.75) is 45.3 Å². The highest BCUT2D eigenvalue weighted by Crippen LogP contribution is 2.25. The van der Waals surface area contributed by atoms with E-state index in [0.717, 1.165) is 30.8 Å². The van der Waals surface area contributed by atoms with Gasteiger partial charge in [0.05, 0.1) is 29.2 Å². The Morgan fingerprint density at radius 2 is 2.17 bits per heavy atom. The number of amides is 1. The Morgan fingerprint density at radius 1 is 1.43 bits per heavy atom. The van der Waals surface area contributed by atoms with Crippen LogP contribution in [0.25, 0.3) is 5.69 Å². The second-order valence-corrected chi connectivity index (χ2v) is 6.14. The van der Waals surface area contributed by atoms with Gasteiger partial charge in [0.2, 0.25) is 0 Å². The topological polar surface area (TPSA) is 71.2 Å². The summed E-state index contributed by atoms with van der Waals surface area (Å²) in [6.45, 7) is 4.42. The Labute approximate surface area is 135 Å². The molecule has 0 spiro atoms. The summed E-state index contributed by atoms with van der Waals surface area (Å²) in [7, 11) is 0. The molecule has 0 aromatic carbocycles. The van der Waals surface area contributed by atoms with Crippen LogP contribution in [0.3, 0.4) is 0 Å². The number of hydrogen-bond donors (Lipinski definition) is 1. The summed E-state index contributed by atoms with van der Waals surface area (Å²) in [5.41, 5.74) is 2.33. The minimum atomic E-state index is -0.394. The van der Waals surface area contributed by atoms with Crippen molar-refractivity contribution in [1.82, 2.24) is 19.7 Å². The number of carbonyl (C=O) groups is 1. The first-order chi connectivity index (χ1) is 11.1. The highest BCUT2D eigenvalue weighted by atomic mass is 16.3. The predicted octanol–water partition coefficient (Wildman–Crippen LogP) is 1.95. The smallest absolute Gasteiger partial charge is 0.257 e. The molecule has 1 aliphatic rings. The molecular weight excluding hydrogens is 292 g/mol. The van der Waals surface area contributed by atoms with Crippen LogP contribution in [0.1, 0.15) is 42.2 Å². The van der Waals surface area contributed by atoms with Gasteiger partial charge < -0.3 is 10.0 Å². The monoisotopic (exact) mass is 314 g/mol. The van der Waals surface area contributed by atoms with Crippen LogP contribution < -0.4 is 0 Å². The number of pyridine rings is 1. The summed E-state index contributed by atoms with van der Waals surface area (Å²) in [6.07, 6.45) is 7.22. The van der Waals surface area contributed by atoms with E-state index in [0.29, 0.717) is 12.0 Å². The lowest BCUT2D eigenvalue weighted by Crippen LogP contribution is -2.37. The summed E-state index contributed by atoms with van der Waals surface area (Å²) >= 11 is 0. The fraction of sp³-hybridized carbons (Fsp3) is 0.471. The molecular formula is C17H22N4O2. The van der Waals surface area contributed by atoms with Gasteiger partial charge in [0, 0.05) is 25.0 Å². The van der Waals surface area contributed by atoms with Crippen LogP contribution in [0.2, 0.25) is 0 Å². The van der Waals surface area contributed by atoms with Crippen molar-refractivity contribution in [2.75, 3.05) is 6.54 Å². The molecule has 2 unspecified atom stereocenters. The zero-order valence-electron chi connectivity index (χ0n) is 13.5. The maximum absolute atomic E-state index is 12.9. The van der Waals surface area contributed by atoms with Crippen LogP contribution in [0.5, 0.6) is 0 Å². The number of aliphatic hydroxyl groups is 1. The molecule has 0 aliphatic carbocycles. The summed E-state index contributed by atoms with van der Waals surface area (Å²) in [5.74, 6) is 0.00551. The lowest BCUT2D eigenvalue weighted by atomic mass is 10.1. The maximum Gasteiger partial charge on any atom is 0.257 e. The number of hydrogen-bond acceptors (Lipinski definition) is 4. The molecule has 3 rings (SSSR count). The Kier molecular flexibility index (Phi) is 4.43. The SMILES string of the molecule is Cc1c(C(=O)N2CCCC2CC(C)O)cnn1-c1ccncc1. The van der Waals surface area contributed by atoms with Gasteiger partial charge >= 0.3 is 0 Å². The fourth-order valence-electron chi connectivity index (χ4n) is 3.26. The van der Waals surface area contributed by atoms with Crippen molar-refractivity contribution < 1.29 is 9.90 Å². The minimum absolute atomic E-state index is 0.00551. The van der Waals surface area contributed by atoms with E-state index in [1.54, 1.807) is 30.2 Å². The molecule has 1 saturated heterocycles. The first-order valence-corrected chi connectivity index (χ1v) is 8.02. The van der Waals surface area contributed by atoms with E-state index in [2.05, 4.69) is 10.1 Å². The molecule has 1 amide bonds. The fourth-order valence-corrected chi connectivity index (χ4v) is 3.26. The van der Waals surface area contributed by atoms with Gasteiger partial charge in [-0.05, 0) is 45.2 Å². The minimum Gasteiger partial charge on any atom is -0.393 e. The van der Waals surface area contributed by atoms with E-state index < -0.39 is 6.10 Å². The van der Waals surface area contributed by atoms with Crippen LogP contribution in [0.4, 0.5) is 0 Å². The molecule has 2 aromatic heterocycles. The maximum atomic E-state index is 12.9. The average Bonchev–Trinajstić information content (AvgIpc) is 3.14. The van der Waals surface area contributed by atoms with Crippen LogP contribution in [-0.4, -0.2) is 49.4 Å². The Hall–Kier alpha value is -2.21. The van der Waals surface area contributed by atoms with E-state index >= 15 is 0 Å².